The number of benzene rings is 1. The summed E-state index contributed by atoms with van der Waals surface area (Å²) in [4.78, 5) is 48.2. The Hall–Kier alpha value is -4.47. The minimum absolute atomic E-state index is 0.000292. The largest absolute Gasteiger partial charge is 0.475 e. The Morgan fingerprint density at radius 1 is 1.04 bits per heavy atom. The van der Waals surface area contributed by atoms with Crippen molar-refractivity contribution in [2.45, 2.75) is 92.9 Å². The van der Waals surface area contributed by atoms with Gasteiger partial charge in [0.2, 0.25) is 21.8 Å². The topological polar surface area (TPSA) is 146 Å². The zero-order chi connectivity index (χ0) is 37.5. The molecule has 3 fully saturated rings. The van der Waals surface area contributed by atoms with Gasteiger partial charge in [-0.1, -0.05) is 55.4 Å². The van der Waals surface area contributed by atoms with Crippen LogP contribution in [0.25, 0.3) is 0 Å². The SMILES string of the molecule is O=C1N[C@]2(C(=O)NS(=O)(=O)C3CC3)C[C@H]2/C=C\CCCCC[C@H](Nc2ccc(F)c(C(F)(F)F)c2)C(=O)N2C[C@H](OC3=NC=CC4C=CC=CC34)C[C@@H]12. The average molecular weight is 760 g/mol. The first-order chi connectivity index (χ1) is 25.2. The number of carbonyl (C=O) groups is 3. The molecular formula is C37H41F4N5O6S. The molecule has 3 aliphatic carbocycles. The number of hydrogen-bond acceptors (Lipinski definition) is 8. The van der Waals surface area contributed by atoms with E-state index in [0.717, 1.165) is 6.07 Å². The predicted octanol–water partition coefficient (Wildman–Crippen LogP) is 4.90. The molecule has 0 aromatic heterocycles. The number of amides is 3. The lowest BCUT2D eigenvalue weighted by Crippen LogP contribution is -2.57. The molecule has 3 aliphatic heterocycles. The van der Waals surface area contributed by atoms with Crippen LogP contribution in [-0.2, 0) is 35.3 Å². The van der Waals surface area contributed by atoms with Crippen LogP contribution >= 0.6 is 0 Å². The van der Waals surface area contributed by atoms with Crippen LogP contribution in [0.1, 0.15) is 63.4 Å². The number of aliphatic imine (C=N–C) groups is 1. The Kier molecular flexibility index (Phi) is 10.0. The maximum Gasteiger partial charge on any atom is 0.419 e. The van der Waals surface area contributed by atoms with Gasteiger partial charge in [-0.25, -0.2) is 17.8 Å². The number of rotatable bonds is 6. The van der Waals surface area contributed by atoms with Crippen molar-refractivity contribution >= 4 is 39.3 Å². The first-order valence-corrected chi connectivity index (χ1v) is 19.5. The van der Waals surface area contributed by atoms with Crippen molar-refractivity contribution in [3.05, 3.63) is 78.3 Å². The highest BCUT2D eigenvalue weighted by Crippen LogP contribution is 2.46. The molecule has 7 atom stereocenters. The van der Waals surface area contributed by atoms with Crippen molar-refractivity contribution in [3.63, 3.8) is 0 Å². The lowest BCUT2D eigenvalue weighted by Gasteiger charge is -2.30. The van der Waals surface area contributed by atoms with E-state index in [-0.39, 0.29) is 43.3 Å². The van der Waals surface area contributed by atoms with E-state index in [1.807, 2.05) is 36.5 Å². The quantitative estimate of drug-likeness (QED) is 0.277. The number of anilines is 1. The third kappa shape index (κ3) is 7.92. The highest BCUT2D eigenvalue weighted by Gasteiger charge is 2.62. The normalized spacial score (nSPS) is 32.2. The minimum Gasteiger partial charge on any atom is -0.475 e. The summed E-state index contributed by atoms with van der Waals surface area (Å²) >= 11 is 0. The van der Waals surface area contributed by atoms with Gasteiger partial charge in [0.15, 0.2) is 5.90 Å². The number of allylic oxidation sites excluding steroid dienone is 5. The number of fused-ring (bicyclic) bond motifs is 3. The number of ether oxygens (including phenoxy) is 1. The van der Waals surface area contributed by atoms with E-state index < -0.39 is 80.2 Å². The molecule has 1 saturated heterocycles. The number of halogens is 4. The molecule has 3 N–H and O–H groups in total. The zero-order valence-corrected chi connectivity index (χ0v) is 29.5. The fraction of sp³-hybridized carbons (Fsp3) is 0.514. The van der Waals surface area contributed by atoms with Crippen LogP contribution in [0.3, 0.4) is 0 Å². The molecule has 284 valence electrons. The molecule has 0 bridgehead atoms. The Labute approximate surface area is 304 Å². The molecule has 16 heteroatoms. The van der Waals surface area contributed by atoms with Gasteiger partial charge in [-0.15, -0.1) is 0 Å². The van der Waals surface area contributed by atoms with Gasteiger partial charge in [-0.05, 0) is 56.7 Å². The summed E-state index contributed by atoms with van der Waals surface area (Å²) in [5.74, 6) is -3.87. The van der Waals surface area contributed by atoms with Crippen molar-refractivity contribution < 1.29 is 45.1 Å². The Morgan fingerprint density at radius 2 is 1.83 bits per heavy atom. The van der Waals surface area contributed by atoms with Gasteiger partial charge in [0, 0.05) is 30.1 Å². The third-order valence-electron chi connectivity index (χ3n) is 10.7. The molecule has 1 aromatic carbocycles. The monoisotopic (exact) mass is 759 g/mol. The summed E-state index contributed by atoms with van der Waals surface area (Å²) in [5, 5.41) is 5.03. The second-order valence-electron chi connectivity index (χ2n) is 14.6. The molecular weight excluding hydrogens is 718 g/mol. The first-order valence-electron chi connectivity index (χ1n) is 18.0. The first kappa shape index (κ1) is 36.9. The zero-order valence-electron chi connectivity index (χ0n) is 28.7. The lowest BCUT2D eigenvalue weighted by atomic mass is 9.87. The maximum atomic E-state index is 14.5. The number of sulfonamides is 1. The van der Waals surface area contributed by atoms with Gasteiger partial charge in [-0.2, -0.15) is 13.2 Å². The minimum atomic E-state index is -4.97. The third-order valence-corrected chi connectivity index (χ3v) is 12.5. The van der Waals surface area contributed by atoms with Crippen LogP contribution in [0.2, 0.25) is 0 Å². The Bertz CT molecular complexity index is 1910. The van der Waals surface area contributed by atoms with Crippen LogP contribution < -0.4 is 15.4 Å². The fourth-order valence-electron chi connectivity index (χ4n) is 7.52. The van der Waals surface area contributed by atoms with Crippen molar-refractivity contribution in [3.8, 4) is 0 Å². The smallest absolute Gasteiger partial charge is 0.419 e. The molecule has 7 rings (SSSR count). The molecule has 0 spiro atoms. The Balaban J connectivity index is 1.19. The average Bonchev–Trinajstić information content (AvgIpc) is 4.04. The highest BCUT2D eigenvalue weighted by atomic mass is 32.2. The summed E-state index contributed by atoms with van der Waals surface area (Å²) in [6.07, 6.45) is 13.0. The molecule has 1 aromatic rings. The van der Waals surface area contributed by atoms with E-state index in [9.17, 15) is 40.4 Å². The lowest BCUT2D eigenvalue weighted by molar-refractivity contribution is -0.140. The summed E-state index contributed by atoms with van der Waals surface area (Å²) in [6, 6.07) is 0.142. The van der Waals surface area contributed by atoms with Crippen molar-refractivity contribution in [1.29, 1.82) is 0 Å². The molecule has 53 heavy (non-hydrogen) atoms. The van der Waals surface area contributed by atoms with E-state index in [2.05, 4.69) is 20.3 Å². The number of hydrogen-bond donors (Lipinski definition) is 3. The fourth-order valence-corrected chi connectivity index (χ4v) is 8.88. The van der Waals surface area contributed by atoms with Gasteiger partial charge >= 0.3 is 6.18 Å². The van der Waals surface area contributed by atoms with Gasteiger partial charge in [0.05, 0.1) is 23.3 Å². The maximum absolute atomic E-state index is 14.5. The Morgan fingerprint density at radius 3 is 2.60 bits per heavy atom. The molecule has 6 aliphatic rings. The number of nitrogens with one attached hydrogen (secondary N) is 3. The molecule has 11 nitrogen and oxygen atoms in total. The number of carbonyl (C=O) groups excluding carboxylic acids is 3. The van der Waals surface area contributed by atoms with Gasteiger partial charge in [0.1, 0.15) is 29.5 Å². The second kappa shape index (κ2) is 14.4. The molecule has 2 saturated carbocycles. The van der Waals surface area contributed by atoms with Crippen LogP contribution in [0.4, 0.5) is 23.2 Å². The molecule has 2 unspecified atom stereocenters. The summed E-state index contributed by atoms with van der Waals surface area (Å²) in [6.45, 7) is -0.0788. The van der Waals surface area contributed by atoms with E-state index in [1.54, 1.807) is 12.3 Å². The van der Waals surface area contributed by atoms with Gasteiger partial charge in [0.25, 0.3) is 5.91 Å². The molecule has 3 amide bonds. The van der Waals surface area contributed by atoms with Crippen LogP contribution in [0, 0.1) is 23.6 Å². The van der Waals surface area contributed by atoms with E-state index in [4.69, 9.17) is 4.74 Å². The highest BCUT2D eigenvalue weighted by molar-refractivity contribution is 7.91. The van der Waals surface area contributed by atoms with Crippen molar-refractivity contribution in [2.75, 3.05) is 11.9 Å². The van der Waals surface area contributed by atoms with Gasteiger partial charge in [-0.3, -0.25) is 19.1 Å². The van der Waals surface area contributed by atoms with E-state index in [0.29, 0.717) is 56.6 Å². The molecule has 3 heterocycles. The second-order valence-corrected chi connectivity index (χ2v) is 16.5. The van der Waals surface area contributed by atoms with Crippen molar-refractivity contribution in [1.82, 2.24) is 14.9 Å². The number of nitrogens with zero attached hydrogens (tertiary/aromatic N) is 2. The summed E-state index contributed by atoms with van der Waals surface area (Å²) < 4.78 is 89.1. The number of alkyl halides is 3. The van der Waals surface area contributed by atoms with E-state index >= 15 is 0 Å². The van der Waals surface area contributed by atoms with Gasteiger partial charge < -0.3 is 20.3 Å². The summed E-state index contributed by atoms with van der Waals surface area (Å²) in [5.41, 5.74) is -3.16. The predicted molar refractivity (Wildman–Crippen MR) is 187 cm³/mol. The standard InChI is InChI=1S/C37H41F4N5O6S/c38-29-15-12-24(18-28(29)37(39,40)41)43-30-11-5-3-1-2-4-9-23-20-36(23,35(49)45-53(50,51)26-13-14-26)44-32(47)31-19-25(21-46(31)34(30)48)52-33-27-10-7-6-8-22(27)16-17-42-33/h4,6-10,12,15-18,22-23,25-27,30-31,43H,1-3,5,11,13-14,19-21H2,(H,44,47)(H,45,49)/b9-4-/t22?,23-,25-,27?,30+,31+,36-/m1/s1. The van der Waals surface area contributed by atoms with E-state index in [1.165, 1.54) is 4.90 Å². The van der Waals surface area contributed by atoms with Crippen molar-refractivity contribution in [2.24, 2.45) is 22.7 Å². The summed E-state index contributed by atoms with van der Waals surface area (Å²) in [7, 11) is -3.93. The van der Waals surface area contributed by atoms with Crippen LogP contribution in [0.15, 0.2) is 71.9 Å². The molecule has 0 radical (unpaired) electrons. The van der Waals surface area contributed by atoms with Crippen LogP contribution in [0.5, 0.6) is 0 Å². The van der Waals surface area contributed by atoms with Crippen LogP contribution in [-0.4, -0.2) is 72.5 Å².